The fourth-order valence-electron chi connectivity index (χ4n) is 1.77. The Morgan fingerprint density at radius 1 is 1.10 bits per heavy atom. The van der Waals surface area contributed by atoms with Gasteiger partial charge in [-0.1, -0.05) is 23.7 Å². The van der Waals surface area contributed by atoms with E-state index in [1.807, 2.05) is 6.92 Å². The second-order valence-electron chi connectivity index (χ2n) is 4.61. The third kappa shape index (κ3) is 3.05. The van der Waals surface area contributed by atoms with Crippen LogP contribution >= 0.6 is 11.6 Å². The quantitative estimate of drug-likeness (QED) is 0.854. The zero-order chi connectivity index (χ0) is 14.9. The van der Waals surface area contributed by atoms with Crippen molar-refractivity contribution >= 4 is 33.0 Å². The summed E-state index contributed by atoms with van der Waals surface area (Å²) in [5.74, 6) is 0. The number of halogens is 1. The van der Waals surface area contributed by atoms with Crippen LogP contribution in [-0.4, -0.2) is 8.42 Å². The lowest BCUT2D eigenvalue weighted by molar-refractivity contribution is 0.601. The molecule has 0 heterocycles. The fourth-order valence-corrected chi connectivity index (χ4v) is 3.50. The normalized spacial score (nSPS) is 11.3. The molecule has 0 unspecified atom stereocenters. The number of benzene rings is 2. The topological polar surface area (TPSA) is 72.2 Å². The number of rotatable bonds is 3. The lowest BCUT2D eigenvalue weighted by Gasteiger charge is -2.12. The second kappa shape index (κ2) is 5.34. The second-order valence-corrected chi connectivity index (χ2v) is 6.67. The molecule has 0 aliphatic carbocycles. The van der Waals surface area contributed by atoms with E-state index in [0.717, 1.165) is 11.1 Å². The first-order chi connectivity index (χ1) is 9.29. The van der Waals surface area contributed by atoms with Crippen LogP contribution in [0, 0.1) is 13.8 Å². The van der Waals surface area contributed by atoms with E-state index in [2.05, 4.69) is 4.72 Å². The molecule has 6 heteroatoms. The molecular weight excluding hydrogens is 296 g/mol. The first kappa shape index (κ1) is 14.7. The average molecular weight is 311 g/mol. The van der Waals surface area contributed by atoms with E-state index in [4.69, 9.17) is 17.3 Å². The molecule has 4 nitrogen and oxygen atoms in total. The maximum Gasteiger partial charge on any atom is 0.263 e. The molecule has 0 saturated carbocycles. The van der Waals surface area contributed by atoms with Crippen LogP contribution in [0.15, 0.2) is 41.3 Å². The van der Waals surface area contributed by atoms with Gasteiger partial charge in [0.25, 0.3) is 10.0 Å². The third-order valence-corrected chi connectivity index (χ3v) is 4.73. The Labute approximate surface area is 123 Å². The van der Waals surface area contributed by atoms with E-state index in [0.29, 0.717) is 11.4 Å². The van der Waals surface area contributed by atoms with Crippen molar-refractivity contribution in [3.63, 3.8) is 0 Å². The van der Waals surface area contributed by atoms with Crippen LogP contribution in [0.4, 0.5) is 11.4 Å². The summed E-state index contributed by atoms with van der Waals surface area (Å²) in [4.78, 5) is 0.0478. The van der Waals surface area contributed by atoms with Crippen LogP contribution in [0.1, 0.15) is 11.1 Å². The molecule has 0 aromatic heterocycles. The van der Waals surface area contributed by atoms with Gasteiger partial charge in [-0.2, -0.15) is 0 Å². The minimum Gasteiger partial charge on any atom is -0.399 e. The number of aryl methyl sites for hydroxylation is 2. The maximum absolute atomic E-state index is 12.4. The molecule has 2 aromatic carbocycles. The van der Waals surface area contributed by atoms with E-state index in [1.165, 1.54) is 6.07 Å². The lowest BCUT2D eigenvalue weighted by Crippen LogP contribution is -2.14. The molecule has 0 fully saturated rings. The van der Waals surface area contributed by atoms with Gasteiger partial charge in [0.2, 0.25) is 0 Å². The van der Waals surface area contributed by atoms with Gasteiger partial charge in [-0.05, 0) is 49.2 Å². The predicted molar refractivity (Wildman–Crippen MR) is 82.6 cm³/mol. The molecule has 0 radical (unpaired) electrons. The molecule has 106 valence electrons. The van der Waals surface area contributed by atoms with Crippen molar-refractivity contribution in [1.82, 2.24) is 0 Å². The van der Waals surface area contributed by atoms with Crippen LogP contribution in [0.5, 0.6) is 0 Å². The number of hydrogen-bond donors (Lipinski definition) is 2. The minimum atomic E-state index is -3.74. The fraction of sp³-hybridized carbons (Fsp3) is 0.143. The molecule has 0 aliphatic rings. The summed E-state index contributed by atoms with van der Waals surface area (Å²) in [7, 11) is -3.74. The van der Waals surface area contributed by atoms with Crippen LogP contribution in [-0.2, 0) is 10.0 Å². The number of nitrogens with two attached hydrogens (primary N) is 1. The van der Waals surface area contributed by atoms with Crippen molar-refractivity contribution in [2.75, 3.05) is 10.5 Å². The van der Waals surface area contributed by atoms with E-state index in [-0.39, 0.29) is 9.92 Å². The van der Waals surface area contributed by atoms with Gasteiger partial charge in [0, 0.05) is 5.69 Å². The van der Waals surface area contributed by atoms with Crippen LogP contribution < -0.4 is 10.5 Å². The summed E-state index contributed by atoms with van der Waals surface area (Å²) in [6.07, 6.45) is 0. The molecule has 20 heavy (non-hydrogen) atoms. The molecule has 0 saturated heterocycles. The van der Waals surface area contributed by atoms with E-state index in [1.54, 1.807) is 37.3 Å². The number of nitrogens with one attached hydrogen (secondary N) is 1. The third-order valence-electron chi connectivity index (χ3n) is 2.88. The molecule has 0 atom stereocenters. The summed E-state index contributed by atoms with van der Waals surface area (Å²) in [5.41, 5.74) is 8.29. The van der Waals surface area contributed by atoms with Gasteiger partial charge in [-0.3, -0.25) is 4.72 Å². The Balaban J connectivity index is 2.43. The summed E-state index contributed by atoms with van der Waals surface area (Å²) < 4.78 is 27.2. The van der Waals surface area contributed by atoms with Crippen molar-refractivity contribution < 1.29 is 8.42 Å². The van der Waals surface area contributed by atoms with Crippen LogP contribution in [0.2, 0.25) is 5.02 Å². The van der Waals surface area contributed by atoms with Crippen molar-refractivity contribution in [3.8, 4) is 0 Å². The number of nitrogen functional groups attached to an aromatic ring is 1. The standard InChI is InChI=1S/C14H15ClN2O2S/c1-9-3-6-14(12(15)7-9)20(18,19)17-13-8-11(16)5-4-10(13)2/h3-8,17H,16H2,1-2H3. The van der Waals surface area contributed by atoms with Gasteiger partial charge < -0.3 is 5.73 Å². The first-order valence-corrected chi connectivity index (χ1v) is 7.81. The molecule has 0 bridgehead atoms. The van der Waals surface area contributed by atoms with Gasteiger partial charge in [0.1, 0.15) is 4.90 Å². The van der Waals surface area contributed by atoms with Crippen molar-refractivity contribution in [3.05, 3.63) is 52.5 Å². The number of sulfonamides is 1. The summed E-state index contributed by atoms with van der Waals surface area (Å²) in [6.45, 7) is 3.64. The van der Waals surface area contributed by atoms with Crippen LogP contribution in [0.25, 0.3) is 0 Å². The smallest absolute Gasteiger partial charge is 0.263 e. The highest BCUT2D eigenvalue weighted by Crippen LogP contribution is 2.26. The minimum absolute atomic E-state index is 0.0478. The summed E-state index contributed by atoms with van der Waals surface area (Å²) in [6, 6.07) is 9.85. The number of hydrogen-bond acceptors (Lipinski definition) is 3. The van der Waals surface area contributed by atoms with Gasteiger partial charge in [0.15, 0.2) is 0 Å². The SMILES string of the molecule is Cc1ccc(S(=O)(=O)Nc2cc(N)ccc2C)c(Cl)c1. The van der Waals surface area contributed by atoms with Gasteiger partial charge in [-0.15, -0.1) is 0 Å². The van der Waals surface area contributed by atoms with Gasteiger partial charge in [0.05, 0.1) is 10.7 Å². The highest BCUT2D eigenvalue weighted by Gasteiger charge is 2.18. The summed E-state index contributed by atoms with van der Waals surface area (Å²) in [5, 5.41) is 0.194. The molecule has 2 aromatic rings. The van der Waals surface area contributed by atoms with Gasteiger partial charge in [-0.25, -0.2) is 8.42 Å². The molecule has 0 aliphatic heterocycles. The zero-order valence-corrected chi connectivity index (χ0v) is 12.7. The molecule has 2 rings (SSSR count). The highest BCUT2D eigenvalue weighted by atomic mass is 35.5. The Morgan fingerprint density at radius 2 is 1.80 bits per heavy atom. The van der Waals surface area contributed by atoms with E-state index in [9.17, 15) is 8.42 Å². The molecular formula is C14H15ClN2O2S. The largest absolute Gasteiger partial charge is 0.399 e. The molecule has 3 N–H and O–H groups in total. The number of anilines is 2. The van der Waals surface area contributed by atoms with Crippen molar-refractivity contribution in [1.29, 1.82) is 0 Å². The van der Waals surface area contributed by atoms with E-state index < -0.39 is 10.0 Å². The van der Waals surface area contributed by atoms with E-state index >= 15 is 0 Å². The van der Waals surface area contributed by atoms with Gasteiger partial charge >= 0.3 is 0 Å². The molecule has 0 spiro atoms. The average Bonchev–Trinajstić information content (AvgIpc) is 2.33. The Kier molecular flexibility index (Phi) is 3.92. The van der Waals surface area contributed by atoms with Crippen molar-refractivity contribution in [2.45, 2.75) is 18.7 Å². The van der Waals surface area contributed by atoms with Crippen molar-refractivity contribution in [2.24, 2.45) is 0 Å². The monoisotopic (exact) mass is 310 g/mol. The first-order valence-electron chi connectivity index (χ1n) is 5.95. The predicted octanol–water partition coefficient (Wildman–Crippen LogP) is 3.34. The Hall–Kier alpha value is -1.72. The Morgan fingerprint density at radius 3 is 2.45 bits per heavy atom. The maximum atomic E-state index is 12.4. The lowest BCUT2D eigenvalue weighted by atomic mass is 10.2. The molecule has 0 amide bonds. The van der Waals surface area contributed by atoms with Crippen LogP contribution in [0.3, 0.4) is 0 Å². The zero-order valence-electron chi connectivity index (χ0n) is 11.1. The highest BCUT2D eigenvalue weighted by molar-refractivity contribution is 7.92. The summed E-state index contributed by atoms with van der Waals surface area (Å²) >= 11 is 6.01. The Bertz CT molecular complexity index is 758.